The molecule has 0 spiro atoms. The van der Waals surface area contributed by atoms with Gasteiger partial charge < -0.3 is 14.8 Å². The zero-order valence-corrected chi connectivity index (χ0v) is 20.1. The third-order valence-corrected chi connectivity index (χ3v) is 7.47. The molecule has 2 aromatic carbocycles. The van der Waals surface area contributed by atoms with Crippen molar-refractivity contribution in [1.29, 1.82) is 0 Å². The van der Waals surface area contributed by atoms with E-state index in [0.29, 0.717) is 35.7 Å². The monoisotopic (exact) mass is 494 g/mol. The molecule has 33 heavy (non-hydrogen) atoms. The molecule has 0 saturated carbocycles. The van der Waals surface area contributed by atoms with Crippen LogP contribution in [0, 0.1) is 5.92 Å². The molecule has 3 rings (SSSR count). The first-order chi connectivity index (χ1) is 15.8. The summed E-state index contributed by atoms with van der Waals surface area (Å²) in [6.45, 7) is 4.54. The number of ether oxygens (including phenoxy) is 2. The lowest BCUT2D eigenvalue weighted by Crippen LogP contribution is -2.41. The van der Waals surface area contributed by atoms with E-state index in [0.717, 1.165) is 0 Å². The molecule has 178 valence electrons. The number of carbonyl (C=O) groups is 2. The van der Waals surface area contributed by atoms with E-state index in [4.69, 9.17) is 21.1 Å². The van der Waals surface area contributed by atoms with E-state index in [-0.39, 0.29) is 42.2 Å². The molecule has 0 radical (unpaired) electrons. The number of benzene rings is 2. The molecule has 1 saturated heterocycles. The fourth-order valence-electron chi connectivity index (χ4n) is 3.60. The molecule has 2 aromatic rings. The van der Waals surface area contributed by atoms with Gasteiger partial charge in [0.1, 0.15) is 10.6 Å². The summed E-state index contributed by atoms with van der Waals surface area (Å²) in [5.74, 6) is -0.676. The predicted octanol–water partition coefficient (Wildman–Crippen LogP) is 3.95. The molecule has 1 aliphatic heterocycles. The molecule has 0 bridgehead atoms. The van der Waals surface area contributed by atoms with Crippen LogP contribution in [0.3, 0.4) is 0 Å². The van der Waals surface area contributed by atoms with Crippen molar-refractivity contribution in [3.05, 3.63) is 53.1 Å². The number of amides is 1. The van der Waals surface area contributed by atoms with Crippen LogP contribution in [0.15, 0.2) is 47.4 Å². The topological polar surface area (TPSA) is 102 Å². The number of piperidine rings is 1. The first kappa shape index (κ1) is 25.0. The van der Waals surface area contributed by atoms with Crippen LogP contribution >= 0.6 is 11.6 Å². The Labute approximate surface area is 198 Å². The summed E-state index contributed by atoms with van der Waals surface area (Å²) in [6, 6.07) is 11.0. The first-order valence-electron chi connectivity index (χ1n) is 10.8. The van der Waals surface area contributed by atoms with Crippen molar-refractivity contribution >= 4 is 39.2 Å². The van der Waals surface area contributed by atoms with Crippen molar-refractivity contribution in [3.63, 3.8) is 0 Å². The Morgan fingerprint density at radius 1 is 1.06 bits per heavy atom. The molecule has 0 aromatic heterocycles. The van der Waals surface area contributed by atoms with Crippen LogP contribution in [-0.4, -0.2) is 50.9 Å². The Bertz CT molecular complexity index is 1100. The number of nitrogens with one attached hydrogen (secondary N) is 1. The maximum absolute atomic E-state index is 13.2. The number of nitrogens with zero attached hydrogens (tertiary/aromatic N) is 1. The zero-order chi connectivity index (χ0) is 24.0. The summed E-state index contributed by atoms with van der Waals surface area (Å²) < 4.78 is 38.2. The van der Waals surface area contributed by atoms with Crippen LogP contribution in [0.2, 0.25) is 5.02 Å². The van der Waals surface area contributed by atoms with Gasteiger partial charge >= 0.3 is 5.97 Å². The van der Waals surface area contributed by atoms with E-state index >= 15 is 0 Å². The SMILES string of the molecule is CCOC(=O)c1ccc(NC(=O)C2CCN(S(=O)(=O)c3cc(Cl)ccc3OCC)CC2)cc1. The summed E-state index contributed by atoms with van der Waals surface area (Å²) >= 11 is 6.03. The highest BCUT2D eigenvalue weighted by molar-refractivity contribution is 7.89. The summed E-state index contributed by atoms with van der Waals surface area (Å²) in [5, 5.41) is 3.14. The lowest BCUT2D eigenvalue weighted by Gasteiger charge is -2.31. The molecule has 0 unspecified atom stereocenters. The van der Waals surface area contributed by atoms with Gasteiger partial charge in [0.05, 0.1) is 18.8 Å². The smallest absolute Gasteiger partial charge is 0.338 e. The van der Waals surface area contributed by atoms with Gasteiger partial charge in [0.2, 0.25) is 15.9 Å². The minimum Gasteiger partial charge on any atom is -0.492 e. The quantitative estimate of drug-likeness (QED) is 0.557. The van der Waals surface area contributed by atoms with Gasteiger partial charge in [-0.25, -0.2) is 13.2 Å². The zero-order valence-electron chi connectivity index (χ0n) is 18.5. The van der Waals surface area contributed by atoms with Gasteiger partial charge in [0.25, 0.3) is 0 Å². The number of sulfonamides is 1. The maximum Gasteiger partial charge on any atom is 0.338 e. The fourth-order valence-corrected chi connectivity index (χ4v) is 5.47. The minimum atomic E-state index is -3.81. The first-order valence-corrected chi connectivity index (χ1v) is 12.6. The molecular formula is C23H27ClN2O6S. The van der Waals surface area contributed by atoms with E-state index in [1.807, 2.05) is 0 Å². The van der Waals surface area contributed by atoms with E-state index < -0.39 is 16.0 Å². The second-order valence-electron chi connectivity index (χ2n) is 7.49. The molecule has 1 fully saturated rings. The number of halogens is 1. The Morgan fingerprint density at radius 3 is 2.33 bits per heavy atom. The maximum atomic E-state index is 13.2. The van der Waals surface area contributed by atoms with Gasteiger partial charge in [0, 0.05) is 29.7 Å². The number of hydrogen-bond acceptors (Lipinski definition) is 6. The summed E-state index contributed by atoms with van der Waals surface area (Å²) in [4.78, 5) is 24.5. The van der Waals surface area contributed by atoms with Gasteiger partial charge in [-0.1, -0.05) is 11.6 Å². The number of esters is 1. The van der Waals surface area contributed by atoms with Crippen molar-refractivity contribution < 1.29 is 27.5 Å². The summed E-state index contributed by atoms with van der Waals surface area (Å²) in [5.41, 5.74) is 0.962. The number of hydrogen-bond donors (Lipinski definition) is 1. The molecule has 0 atom stereocenters. The van der Waals surface area contributed by atoms with Crippen molar-refractivity contribution in [2.45, 2.75) is 31.6 Å². The second-order valence-corrected chi connectivity index (χ2v) is 9.83. The average Bonchev–Trinajstić information content (AvgIpc) is 2.81. The predicted molar refractivity (Wildman–Crippen MR) is 125 cm³/mol. The lowest BCUT2D eigenvalue weighted by atomic mass is 9.97. The minimum absolute atomic E-state index is 0.0291. The molecule has 1 heterocycles. The molecule has 1 amide bonds. The molecule has 0 aliphatic carbocycles. The normalized spacial score (nSPS) is 15.1. The van der Waals surface area contributed by atoms with Gasteiger partial charge in [-0.3, -0.25) is 4.79 Å². The van der Waals surface area contributed by atoms with Crippen LogP contribution in [0.1, 0.15) is 37.0 Å². The second kappa shape index (κ2) is 11.0. The van der Waals surface area contributed by atoms with Crippen LogP contribution in [0.5, 0.6) is 5.75 Å². The molecule has 10 heteroatoms. The van der Waals surface area contributed by atoms with Gasteiger partial charge in [-0.15, -0.1) is 0 Å². The summed E-state index contributed by atoms with van der Waals surface area (Å²) in [7, 11) is -3.81. The number of carbonyl (C=O) groups excluding carboxylic acids is 2. The van der Waals surface area contributed by atoms with Crippen LogP contribution < -0.4 is 10.1 Å². The number of anilines is 1. The van der Waals surface area contributed by atoms with Gasteiger partial charge in [0.15, 0.2) is 0 Å². The Morgan fingerprint density at radius 2 is 1.73 bits per heavy atom. The van der Waals surface area contributed by atoms with E-state index in [1.54, 1.807) is 50.2 Å². The van der Waals surface area contributed by atoms with Crippen molar-refractivity contribution in [2.24, 2.45) is 5.92 Å². The molecular weight excluding hydrogens is 468 g/mol. The van der Waals surface area contributed by atoms with Crippen LogP contribution in [-0.2, 0) is 19.6 Å². The van der Waals surface area contributed by atoms with Gasteiger partial charge in [-0.2, -0.15) is 4.31 Å². The molecule has 1 aliphatic rings. The highest BCUT2D eigenvalue weighted by atomic mass is 35.5. The molecule has 1 N–H and O–H groups in total. The Kier molecular flexibility index (Phi) is 8.34. The highest BCUT2D eigenvalue weighted by Gasteiger charge is 2.34. The molecule has 8 nitrogen and oxygen atoms in total. The van der Waals surface area contributed by atoms with E-state index in [2.05, 4.69) is 5.32 Å². The van der Waals surface area contributed by atoms with Crippen LogP contribution in [0.25, 0.3) is 0 Å². The third-order valence-electron chi connectivity index (χ3n) is 5.31. The third kappa shape index (κ3) is 6.04. The highest BCUT2D eigenvalue weighted by Crippen LogP contribution is 2.32. The lowest BCUT2D eigenvalue weighted by molar-refractivity contribution is -0.120. The van der Waals surface area contributed by atoms with Crippen molar-refractivity contribution in [2.75, 3.05) is 31.6 Å². The van der Waals surface area contributed by atoms with Crippen molar-refractivity contribution in [1.82, 2.24) is 4.31 Å². The van der Waals surface area contributed by atoms with E-state index in [9.17, 15) is 18.0 Å². The van der Waals surface area contributed by atoms with E-state index in [1.165, 1.54) is 10.4 Å². The number of rotatable bonds is 8. The standard InChI is InChI=1S/C23H27ClN2O6S/c1-3-31-20-10-7-18(24)15-21(20)33(29,30)26-13-11-16(12-14-26)22(27)25-19-8-5-17(6-9-19)23(28)32-4-2/h5-10,15-16H,3-4,11-14H2,1-2H3,(H,25,27). The summed E-state index contributed by atoms with van der Waals surface area (Å²) in [6.07, 6.45) is 0.771. The Balaban J connectivity index is 1.62. The average molecular weight is 495 g/mol. The van der Waals surface area contributed by atoms with Crippen LogP contribution in [0.4, 0.5) is 5.69 Å². The largest absolute Gasteiger partial charge is 0.492 e. The van der Waals surface area contributed by atoms with Crippen molar-refractivity contribution in [3.8, 4) is 5.75 Å². The van der Waals surface area contributed by atoms with Gasteiger partial charge in [-0.05, 0) is 69.2 Å². The Hall–Kier alpha value is -2.62. The fraction of sp³-hybridized carbons (Fsp3) is 0.391.